The maximum Gasteiger partial charge on any atom is 0.0961 e. The Hall–Kier alpha value is -0.560. The Balaban J connectivity index is 1.78. The lowest BCUT2D eigenvalue weighted by atomic mass is 10.1. The largest absolute Gasteiger partial charge is 0.390 e. The molecule has 0 aromatic carbocycles. The molecule has 3 atom stereocenters. The van der Waals surface area contributed by atoms with Gasteiger partial charge in [0, 0.05) is 19.0 Å². The minimum Gasteiger partial charge on any atom is -0.390 e. The zero-order valence-electron chi connectivity index (χ0n) is 9.98. The fourth-order valence-corrected chi connectivity index (χ4v) is 2.61. The van der Waals surface area contributed by atoms with Crippen molar-refractivity contribution in [1.29, 1.82) is 0 Å². The summed E-state index contributed by atoms with van der Waals surface area (Å²) in [7, 11) is 0. The van der Waals surface area contributed by atoms with E-state index >= 15 is 0 Å². The average molecular weight is 223 g/mol. The van der Waals surface area contributed by atoms with Crippen molar-refractivity contribution in [2.24, 2.45) is 0 Å². The highest BCUT2D eigenvalue weighted by Crippen LogP contribution is 2.24. The molecule has 0 radical (unpaired) electrons. The smallest absolute Gasteiger partial charge is 0.0961 e. The van der Waals surface area contributed by atoms with E-state index in [1.54, 1.807) is 0 Å². The maximum atomic E-state index is 10.0. The first-order valence-corrected chi connectivity index (χ1v) is 6.24. The molecule has 0 bridgehead atoms. The van der Waals surface area contributed by atoms with Gasteiger partial charge in [-0.2, -0.15) is 0 Å². The minimum absolute atomic E-state index is 0.00648. The maximum absolute atomic E-state index is 10.0. The molecule has 2 fully saturated rings. The van der Waals surface area contributed by atoms with E-state index in [1.165, 1.54) is 19.4 Å². The van der Waals surface area contributed by atoms with E-state index in [0.717, 1.165) is 26.0 Å². The average Bonchev–Trinajstić information content (AvgIpc) is 2.76. The quantitative estimate of drug-likeness (QED) is 0.725. The summed E-state index contributed by atoms with van der Waals surface area (Å²) < 4.78 is 5.74. The highest BCUT2D eigenvalue weighted by atomic mass is 16.5. The number of aliphatic hydroxyl groups excluding tert-OH is 1. The van der Waals surface area contributed by atoms with E-state index in [4.69, 9.17) is 4.74 Å². The second-order valence-electron chi connectivity index (χ2n) is 4.70. The standard InChI is InChI=1S/C13H21NO2/c1-2-3-4-7-12(15)13-9-14-8-5-6-11(14)10-16-13/h11-13,15H,4-10H2,1H3. The van der Waals surface area contributed by atoms with Crippen molar-refractivity contribution in [2.75, 3.05) is 19.7 Å². The van der Waals surface area contributed by atoms with Crippen LogP contribution in [0, 0.1) is 11.8 Å². The molecular formula is C13H21NO2. The van der Waals surface area contributed by atoms with Crippen LogP contribution >= 0.6 is 0 Å². The Morgan fingerprint density at radius 2 is 2.44 bits per heavy atom. The zero-order valence-corrected chi connectivity index (χ0v) is 9.98. The molecule has 0 aliphatic carbocycles. The normalized spacial score (nSPS) is 31.6. The molecule has 2 aliphatic rings. The second kappa shape index (κ2) is 5.67. The van der Waals surface area contributed by atoms with Crippen LogP contribution in [0.3, 0.4) is 0 Å². The van der Waals surface area contributed by atoms with Crippen LogP contribution < -0.4 is 0 Å². The third-order valence-corrected chi connectivity index (χ3v) is 3.59. The molecule has 3 unspecified atom stereocenters. The van der Waals surface area contributed by atoms with Crippen molar-refractivity contribution >= 4 is 0 Å². The van der Waals surface area contributed by atoms with E-state index in [9.17, 15) is 5.11 Å². The van der Waals surface area contributed by atoms with E-state index < -0.39 is 0 Å². The molecule has 2 rings (SSSR count). The highest BCUT2D eigenvalue weighted by molar-refractivity contribution is 4.96. The molecule has 0 spiro atoms. The first kappa shape index (κ1) is 11.9. The highest BCUT2D eigenvalue weighted by Gasteiger charge is 2.34. The molecule has 0 aromatic rings. The van der Waals surface area contributed by atoms with Gasteiger partial charge in [-0.25, -0.2) is 0 Å². The number of hydrogen-bond donors (Lipinski definition) is 1. The Labute approximate surface area is 97.8 Å². The van der Waals surface area contributed by atoms with E-state index in [1.807, 2.05) is 6.92 Å². The number of nitrogens with zero attached hydrogens (tertiary/aromatic N) is 1. The van der Waals surface area contributed by atoms with Crippen LogP contribution in [-0.2, 0) is 4.74 Å². The van der Waals surface area contributed by atoms with Gasteiger partial charge in [-0.1, -0.05) is 0 Å². The molecule has 2 heterocycles. The predicted octanol–water partition coefficient (Wildman–Crippen LogP) is 1.01. The third kappa shape index (κ3) is 2.76. The minimum atomic E-state index is -0.359. The SMILES string of the molecule is CC#CCCC(O)C1CN2CCCC2CO1. The molecule has 1 N–H and O–H groups in total. The molecule has 0 saturated carbocycles. The number of ether oxygens (including phenoxy) is 1. The van der Waals surface area contributed by atoms with Gasteiger partial charge in [-0.15, -0.1) is 11.8 Å². The Morgan fingerprint density at radius 3 is 3.25 bits per heavy atom. The summed E-state index contributed by atoms with van der Waals surface area (Å²) in [5, 5.41) is 10.0. The van der Waals surface area contributed by atoms with Crippen molar-refractivity contribution in [3.63, 3.8) is 0 Å². The van der Waals surface area contributed by atoms with E-state index in [0.29, 0.717) is 6.04 Å². The predicted molar refractivity (Wildman–Crippen MR) is 63.0 cm³/mol. The monoisotopic (exact) mass is 223 g/mol. The molecule has 0 aromatic heterocycles. The Kier molecular flexibility index (Phi) is 4.22. The summed E-state index contributed by atoms with van der Waals surface area (Å²) >= 11 is 0. The third-order valence-electron chi connectivity index (χ3n) is 3.59. The summed E-state index contributed by atoms with van der Waals surface area (Å²) in [6, 6.07) is 0.610. The van der Waals surface area contributed by atoms with Gasteiger partial charge < -0.3 is 9.84 Å². The zero-order chi connectivity index (χ0) is 11.4. The van der Waals surface area contributed by atoms with E-state index in [-0.39, 0.29) is 12.2 Å². The van der Waals surface area contributed by atoms with Crippen molar-refractivity contribution in [3.05, 3.63) is 0 Å². The second-order valence-corrected chi connectivity index (χ2v) is 4.70. The van der Waals surface area contributed by atoms with Gasteiger partial charge in [0.05, 0.1) is 18.8 Å². The Bertz CT molecular complexity index is 281. The number of fused-ring (bicyclic) bond motifs is 1. The Morgan fingerprint density at radius 1 is 1.56 bits per heavy atom. The van der Waals surface area contributed by atoms with Crippen LogP contribution in [0.2, 0.25) is 0 Å². The van der Waals surface area contributed by atoms with Crippen LogP contribution in [-0.4, -0.2) is 48.0 Å². The van der Waals surface area contributed by atoms with Crippen LogP contribution in [0.1, 0.15) is 32.6 Å². The van der Waals surface area contributed by atoms with Gasteiger partial charge in [-0.05, 0) is 32.7 Å². The summed E-state index contributed by atoms with van der Waals surface area (Å²) in [4.78, 5) is 2.46. The van der Waals surface area contributed by atoms with Gasteiger partial charge in [0.25, 0.3) is 0 Å². The first-order chi connectivity index (χ1) is 7.81. The number of morpholine rings is 1. The molecule has 0 amide bonds. The lowest BCUT2D eigenvalue weighted by Gasteiger charge is -2.37. The summed E-state index contributed by atoms with van der Waals surface area (Å²) in [5.41, 5.74) is 0. The molecule has 3 nitrogen and oxygen atoms in total. The molecule has 16 heavy (non-hydrogen) atoms. The van der Waals surface area contributed by atoms with Crippen molar-refractivity contribution in [3.8, 4) is 11.8 Å². The number of hydrogen-bond acceptors (Lipinski definition) is 3. The fourth-order valence-electron chi connectivity index (χ4n) is 2.61. The lowest BCUT2D eigenvalue weighted by molar-refractivity contribution is -0.103. The van der Waals surface area contributed by atoms with Gasteiger partial charge in [0.1, 0.15) is 0 Å². The molecule has 2 saturated heterocycles. The van der Waals surface area contributed by atoms with Crippen molar-refractivity contribution in [1.82, 2.24) is 4.90 Å². The van der Waals surface area contributed by atoms with Gasteiger partial charge >= 0.3 is 0 Å². The molecular weight excluding hydrogens is 202 g/mol. The van der Waals surface area contributed by atoms with E-state index in [2.05, 4.69) is 16.7 Å². The summed E-state index contributed by atoms with van der Waals surface area (Å²) in [6.07, 6.45) is 3.66. The summed E-state index contributed by atoms with van der Waals surface area (Å²) in [6.45, 7) is 4.69. The summed E-state index contributed by atoms with van der Waals surface area (Å²) in [5.74, 6) is 5.84. The number of rotatable bonds is 3. The van der Waals surface area contributed by atoms with Crippen LogP contribution in [0.25, 0.3) is 0 Å². The van der Waals surface area contributed by atoms with Crippen LogP contribution in [0.15, 0.2) is 0 Å². The van der Waals surface area contributed by atoms with Gasteiger partial charge in [-0.3, -0.25) is 4.90 Å². The van der Waals surface area contributed by atoms with Crippen LogP contribution in [0.5, 0.6) is 0 Å². The number of aliphatic hydroxyl groups is 1. The van der Waals surface area contributed by atoms with Crippen molar-refractivity contribution in [2.45, 2.75) is 50.9 Å². The topological polar surface area (TPSA) is 32.7 Å². The van der Waals surface area contributed by atoms with Gasteiger partial charge in [0.2, 0.25) is 0 Å². The molecule has 3 heteroatoms. The first-order valence-electron chi connectivity index (χ1n) is 6.24. The molecule has 90 valence electrons. The lowest BCUT2D eigenvalue weighted by Crippen LogP contribution is -2.50. The van der Waals surface area contributed by atoms with Gasteiger partial charge in [0.15, 0.2) is 0 Å². The van der Waals surface area contributed by atoms with Crippen molar-refractivity contribution < 1.29 is 9.84 Å². The fraction of sp³-hybridized carbons (Fsp3) is 0.846. The molecule has 2 aliphatic heterocycles. The van der Waals surface area contributed by atoms with Crippen LogP contribution in [0.4, 0.5) is 0 Å².